The molecule has 16 heavy (non-hydrogen) atoms. The number of phenols is 1. The lowest BCUT2D eigenvalue weighted by molar-refractivity contribution is -0.0520. The van der Waals surface area contributed by atoms with Crippen LogP contribution in [0.3, 0.4) is 0 Å². The number of benzene rings is 1. The Morgan fingerprint density at radius 1 is 1.12 bits per heavy atom. The van der Waals surface area contributed by atoms with Gasteiger partial charge in [0.15, 0.2) is 17.3 Å². The Labute approximate surface area is 87.2 Å². The number of esters is 1. The zero-order valence-electron chi connectivity index (χ0n) is 7.88. The summed E-state index contributed by atoms with van der Waals surface area (Å²) in [5.41, 5.74) is -0.995. The van der Waals surface area contributed by atoms with Gasteiger partial charge in [-0.3, -0.25) is 0 Å². The van der Waals surface area contributed by atoms with Crippen LogP contribution in [0.2, 0.25) is 0 Å². The van der Waals surface area contributed by atoms with E-state index in [-0.39, 0.29) is 0 Å². The topological polar surface area (TPSA) is 55.8 Å². The minimum absolute atomic E-state index is 0.847. The van der Waals surface area contributed by atoms with Crippen LogP contribution in [0.25, 0.3) is 0 Å². The Morgan fingerprint density at radius 2 is 1.75 bits per heavy atom. The Kier molecular flexibility index (Phi) is 2.18. The smallest absolute Gasteiger partial charge is 0.348 e. The SMILES string of the molecule is CC1OC(=O)c2c(F)c(F)c(O)c(F)c2O1. The Bertz CT molecular complexity index is 486. The second kappa shape index (κ2) is 3.29. The monoisotopic (exact) mass is 234 g/mol. The summed E-state index contributed by atoms with van der Waals surface area (Å²) in [6.07, 6.45) is -1.14. The summed E-state index contributed by atoms with van der Waals surface area (Å²) in [4.78, 5) is 11.2. The van der Waals surface area contributed by atoms with E-state index in [2.05, 4.69) is 9.47 Å². The second-order valence-electron chi connectivity index (χ2n) is 3.09. The number of hydrogen-bond acceptors (Lipinski definition) is 4. The van der Waals surface area contributed by atoms with Gasteiger partial charge >= 0.3 is 5.97 Å². The first-order valence-electron chi connectivity index (χ1n) is 4.20. The van der Waals surface area contributed by atoms with Crippen molar-refractivity contribution in [2.45, 2.75) is 13.2 Å². The van der Waals surface area contributed by atoms with Crippen LogP contribution in [0.15, 0.2) is 0 Å². The normalized spacial score (nSPS) is 18.8. The van der Waals surface area contributed by atoms with E-state index in [0.717, 1.165) is 0 Å². The minimum atomic E-state index is -1.86. The molecule has 0 aliphatic carbocycles. The maximum Gasteiger partial charge on any atom is 0.348 e. The molecule has 0 saturated carbocycles. The van der Waals surface area contributed by atoms with Gasteiger partial charge in [-0.2, -0.15) is 8.78 Å². The Balaban J connectivity index is 2.76. The van der Waals surface area contributed by atoms with E-state index in [9.17, 15) is 18.0 Å². The molecule has 0 aromatic heterocycles. The molecule has 1 aromatic carbocycles. The molecule has 1 unspecified atom stereocenters. The van der Waals surface area contributed by atoms with Gasteiger partial charge in [-0.1, -0.05) is 0 Å². The highest BCUT2D eigenvalue weighted by molar-refractivity contribution is 5.94. The highest BCUT2D eigenvalue weighted by Gasteiger charge is 2.36. The average molecular weight is 234 g/mol. The summed E-state index contributed by atoms with van der Waals surface area (Å²) >= 11 is 0. The predicted molar refractivity (Wildman–Crippen MR) is 43.5 cm³/mol. The number of carbonyl (C=O) groups is 1. The number of aromatic hydroxyl groups is 1. The molecule has 1 aliphatic heterocycles. The number of halogens is 3. The molecule has 1 atom stereocenters. The third kappa shape index (κ3) is 1.28. The molecule has 0 amide bonds. The highest BCUT2D eigenvalue weighted by Crippen LogP contribution is 2.38. The van der Waals surface area contributed by atoms with Crippen molar-refractivity contribution in [3.05, 3.63) is 23.0 Å². The van der Waals surface area contributed by atoms with Crippen molar-refractivity contribution in [1.29, 1.82) is 0 Å². The van der Waals surface area contributed by atoms with Gasteiger partial charge in [-0.05, 0) is 0 Å². The van der Waals surface area contributed by atoms with E-state index >= 15 is 0 Å². The summed E-state index contributed by atoms with van der Waals surface area (Å²) in [5.74, 6) is -8.71. The fourth-order valence-electron chi connectivity index (χ4n) is 1.32. The first kappa shape index (κ1) is 10.6. The maximum absolute atomic E-state index is 13.3. The summed E-state index contributed by atoms with van der Waals surface area (Å²) in [5, 5.41) is 8.89. The molecule has 0 radical (unpaired) electrons. The van der Waals surface area contributed by atoms with E-state index in [1.165, 1.54) is 6.92 Å². The van der Waals surface area contributed by atoms with Gasteiger partial charge in [-0.15, -0.1) is 0 Å². The minimum Gasteiger partial charge on any atom is -0.503 e. The van der Waals surface area contributed by atoms with Crippen molar-refractivity contribution >= 4 is 5.97 Å². The lowest BCUT2D eigenvalue weighted by Gasteiger charge is -2.23. The molecule has 86 valence electrons. The maximum atomic E-state index is 13.3. The van der Waals surface area contributed by atoms with Crippen LogP contribution in [0.1, 0.15) is 17.3 Å². The van der Waals surface area contributed by atoms with Gasteiger partial charge in [0, 0.05) is 6.92 Å². The van der Waals surface area contributed by atoms with Crippen molar-refractivity contribution in [2.75, 3.05) is 0 Å². The van der Waals surface area contributed by atoms with E-state index in [1.54, 1.807) is 0 Å². The average Bonchev–Trinajstić information content (AvgIpc) is 2.22. The molecule has 1 aromatic rings. The van der Waals surface area contributed by atoms with Gasteiger partial charge in [0.25, 0.3) is 0 Å². The van der Waals surface area contributed by atoms with E-state index in [1.807, 2.05) is 0 Å². The van der Waals surface area contributed by atoms with E-state index < -0.39 is 46.8 Å². The molecular weight excluding hydrogens is 229 g/mol. The third-order valence-corrected chi connectivity index (χ3v) is 2.02. The summed E-state index contributed by atoms with van der Waals surface area (Å²) in [7, 11) is 0. The number of carbonyl (C=O) groups excluding carboxylic acids is 1. The van der Waals surface area contributed by atoms with Crippen LogP contribution in [0.5, 0.6) is 11.5 Å². The van der Waals surface area contributed by atoms with Gasteiger partial charge < -0.3 is 14.6 Å². The standard InChI is InChI=1S/C9H5F3O4/c1-2-15-8-3(9(14)16-2)4(10)5(11)7(13)6(8)12/h2,13H,1H3. The molecule has 1 N–H and O–H groups in total. The second-order valence-corrected chi connectivity index (χ2v) is 3.09. The predicted octanol–water partition coefficient (Wildman–Crippen LogP) is 1.70. The fourth-order valence-corrected chi connectivity index (χ4v) is 1.32. The van der Waals surface area contributed by atoms with Crippen LogP contribution in [0, 0.1) is 17.5 Å². The molecule has 0 bridgehead atoms. The lowest BCUT2D eigenvalue weighted by Crippen LogP contribution is -2.29. The van der Waals surface area contributed by atoms with Crippen molar-refractivity contribution in [3.63, 3.8) is 0 Å². The van der Waals surface area contributed by atoms with Gasteiger partial charge in [0.2, 0.25) is 17.9 Å². The number of cyclic esters (lactones) is 1. The summed E-state index contributed by atoms with van der Waals surface area (Å²) < 4.78 is 48.5. The van der Waals surface area contributed by atoms with Crippen LogP contribution < -0.4 is 4.74 Å². The Hall–Kier alpha value is -1.92. The van der Waals surface area contributed by atoms with Crippen LogP contribution in [-0.4, -0.2) is 17.4 Å². The summed E-state index contributed by atoms with van der Waals surface area (Å²) in [6, 6.07) is 0. The number of fused-ring (bicyclic) bond motifs is 1. The number of ether oxygens (including phenoxy) is 2. The molecule has 4 nitrogen and oxygen atoms in total. The molecule has 2 rings (SSSR count). The lowest BCUT2D eigenvalue weighted by atomic mass is 10.1. The molecule has 0 spiro atoms. The van der Waals surface area contributed by atoms with Gasteiger partial charge in [-0.25, -0.2) is 9.18 Å². The largest absolute Gasteiger partial charge is 0.503 e. The van der Waals surface area contributed by atoms with Crippen LogP contribution >= 0.6 is 0 Å². The van der Waals surface area contributed by atoms with Gasteiger partial charge in [0.05, 0.1) is 0 Å². The van der Waals surface area contributed by atoms with E-state index in [4.69, 9.17) is 5.11 Å². The van der Waals surface area contributed by atoms with Crippen molar-refractivity contribution in [2.24, 2.45) is 0 Å². The quantitative estimate of drug-likeness (QED) is 0.548. The van der Waals surface area contributed by atoms with Gasteiger partial charge in [0.1, 0.15) is 5.56 Å². The summed E-state index contributed by atoms with van der Waals surface area (Å²) in [6.45, 7) is 1.26. The zero-order valence-corrected chi connectivity index (χ0v) is 7.88. The first-order valence-corrected chi connectivity index (χ1v) is 4.20. The van der Waals surface area contributed by atoms with Crippen LogP contribution in [0.4, 0.5) is 13.2 Å². The van der Waals surface area contributed by atoms with Crippen molar-refractivity contribution in [3.8, 4) is 11.5 Å². The number of rotatable bonds is 0. The number of phenolic OH excluding ortho intramolecular Hbond substituents is 1. The first-order chi connectivity index (χ1) is 7.43. The number of hydrogen-bond donors (Lipinski definition) is 1. The molecule has 1 heterocycles. The third-order valence-electron chi connectivity index (χ3n) is 2.02. The molecule has 0 saturated heterocycles. The van der Waals surface area contributed by atoms with E-state index in [0.29, 0.717) is 0 Å². The molecule has 1 aliphatic rings. The molecule has 0 fully saturated rings. The van der Waals surface area contributed by atoms with Crippen LogP contribution in [-0.2, 0) is 4.74 Å². The molecular formula is C9H5F3O4. The Morgan fingerprint density at radius 3 is 2.38 bits per heavy atom. The zero-order chi connectivity index (χ0) is 12.0. The fraction of sp³-hybridized carbons (Fsp3) is 0.222. The van der Waals surface area contributed by atoms with Crippen molar-refractivity contribution in [1.82, 2.24) is 0 Å². The van der Waals surface area contributed by atoms with Crippen molar-refractivity contribution < 1.29 is 32.5 Å². The highest BCUT2D eigenvalue weighted by atomic mass is 19.2. The molecule has 7 heteroatoms.